The van der Waals surface area contributed by atoms with E-state index in [-0.39, 0.29) is 12.5 Å². The van der Waals surface area contributed by atoms with E-state index < -0.39 is 0 Å². The summed E-state index contributed by atoms with van der Waals surface area (Å²) in [5.74, 6) is -0.117. The quantitative estimate of drug-likeness (QED) is 0.852. The summed E-state index contributed by atoms with van der Waals surface area (Å²) in [6.45, 7) is 0.942. The van der Waals surface area contributed by atoms with Crippen LogP contribution in [0.3, 0.4) is 0 Å². The number of amides is 1. The summed E-state index contributed by atoms with van der Waals surface area (Å²) in [6, 6.07) is 7.78. The normalized spacial score (nSPS) is 10.4. The zero-order valence-corrected chi connectivity index (χ0v) is 11.8. The molecule has 1 heterocycles. The minimum atomic E-state index is -0.117. The maximum absolute atomic E-state index is 11.7. The van der Waals surface area contributed by atoms with Crippen molar-refractivity contribution in [3.05, 3.63) is 46.2 Å². The van der Waals surface area contributed by atoms with Crippen LogP contribution in [0.2, 0.25) is 0 Å². The van der Waals surface area contributed by atoms with Crippen molar-refractivity contribution in [2.24, 2.45) is 5.73 Å². The molecule has 0 fully saturated rings. The van der Waals surface area contributed by atoms with E-state index in [1.165, 1.54) is 4.68 Å². The highest BCUT2D eigenvalue weighted by atomic mass is 79.9. The van der Waals surface area contributed by atoms with Gasteiger partial charge in [-0.25, -0.2) is 4.68 Å². The van der Waals surface area contributed by atoms with Crippen LogP contribution in [0.15, 0.2) is 34.9 Å². The van der Waals surface area contributed by atoms with Gasteiger partial charge in [0.05, 0.1) is 11.9 Å². The van der Waals surface area contributed by atoms with Crippen LogP contribution in [0.1, 0.15) is 11.3 Å². The molecule has 0 unspecified atom stereocenters. The Labute approximate surface area is 119 Å². The van der Waals surface area contributed by atoms with Crippen LogP contribution in [0.25, 0.3) is 0 Å². The highest BCUT2D eigenvalue weighted by molar-refractivity contribution is 9.10. The molecule has 0 bridgehead atoms. The number of rotatable bonds is 5. The Balaban J connectivity index is 1.84. The van der Waals surface area contributed by atoms with E-state index in [0.717, 1.165) is 10.0 Å². The molecule has 1 amide bonds. The van der Waals surface area contributed by atoms with Gasteiger partial charge in [-0.15, -0.1) is 5.10 Å². The summed E-state index contributed by atoms with van der Waals surface area (Å²) >= 11 is 3.39. The second kappa shape index (κ2) is 6.44. The van der Waals surface area contributed by atoms with Gasteiger partial charge in [-0.05, 0) is 17.7 Å². The predicted molar refractivity (Wildman–Crippen MR) is 73.9 cm³/mol. The average Bonchev–Trinajstić information content (AvgIpc) is 2.84. The van der Waals surface area contributed by atoms with E-state index in [0.29, 0.717) is 18.8 Å². The van der Waals surface area contributed by atoms with Gasteiger partial charge in [0, 0.05) is 17.6 Å². The number of aromatic nitrogens is 3. The first-order valence-corrected chi connectivity index (χ1v) is 6.57. The Morgan fingerprint density at radius 3 is 3.00 bits per heavy atom. The number of hydrogen-bond acceptors (Lipinski definition) is 4. The van der Waals surface area contributed by atoms with Crippen LogP contribution >= 0.6 is 15.9 Å². The Hall–Kier alpha value is -1.73. The fourth-order valence-electron chi connectivity index (χ4n) is 1.56. The standard InChI is InChI=1S/C12H14BrN5O/c13-10-3-1-2-9(4-10)6-15-12(19)8-18-7-11(5-14)16-17-18/h1-4,7H,5-6,8,14H2,(H,15,19). The molecule has 0 saturated heterocycles. The van der Waals surface area contributed by atoms with Crippen molar-refractivity contribution in [3.63, 3.8) is 0 Å². The monoisotopic (exact) mass is 323 g/mol. The molecule has 0 aliphatic carbocycles. The molecular formula is C12H14BrN5O. The summed E-state index contributed by atoms with van der Waals surface area (Å²) in [4.78, 5) is 11.7. The maximum atomic E-state index is 11.7. The molecule has 0 aliphatic heterocycles. The molecular weight excluding hydrogens is 310 g/mol. The summed E-state index contributed by atoms with van der Waals surface area (Å²) in [6.07, 6.45) is 1.67. The minimum Gasteiger partial charge on any atom is -0.350 e. The van der Waals surface area contributed by atoms with Crippen molar-refractivity contribution in [1.29, 1.82) is 0 Å². The van der Waals surface area contributed by atoms with Gasteiger partial charge >= 0.3 is 0 Å². The third kappa shape index (κ3) is 4.15. The van der Waals surface area contributed by atoms with Crippen molar-refractivity contribution in [2.45, 2.75) is 19.6 Å². The number of nitrogens with zero attached hydrogens (tertiary/aromatic N) is 3. The number of carbonyl (C=O) groups is 1. The largest absolute Gasteiger partial charge is 0.350 e. The van der Waals surface area contributed by atoms with E-state index in [9.17, 15) is 4.79 Å². The van der Waals surface area contributed by atoms with E-state index in [1.54, 1.807) is 6.20 Å². The Morgan fingerprint density at radius 1 is 1.47 bits per heavy atom. The van der Waals surface area contributed by atoms with Crippen LogP contribution in [0, 0.1) is 0 Å². The third-order valence-corrected chi connectivity index (χ3v) is 2.97. The SMILES string of the molecule is NCc1cn(CC(=O)NCc2cccc(Br)c2)nn1. The second-order valence-corrected chi connectivity index (χ2v) is 4.93. The van der Waals surface area contributed by atoms with Gasteiger partial charge in [0.25, 0.3) is 0 Å². The fourth-order valence-corrected chi connectivity index (χ4v) is 2.01. The molecule has 0 spiro atoms. The zero-order chi connectivity index (χ0) is 13.7. The molecule has 19 heavy (non-hydrogen) atoms. The van der Waals surface area contributed by atoms with Crippen molar-refractivity contribution in [3.8, 4) is 0 Å². The number of benzene rings is 1. The number of halogens is 1. The maximum Gasteiger partial charge on any atom is 0.242 e. The Kier molecular flexibility index (Phi) is 4.64. The molecule has 1 aromatic carbocycles. The molecule has 7 heteroatoms. The highest BCUT2D eigenvalue weighted by Gasteiger charge is 2.05. The molecule has 100 valence electrons. The molecule has 2 rings (SSSR count). The van der Waals surface area contributed by atoms with Crippen LogP contribution in [-0.2, 0) is 24.4 Å². The van der Waals surface area contributed by atoms with Crippen molar-refractivity contribution in [1.82, 2.24) is 20.3 Å². The molecule has 0 atom stereocenters. The lowest BCUT2D eigenvalue weighted by atomic mass is 10.2. The third-order valence-electron chi connectivity index (χ3n) is 2.48. The number of carbonyl (C=O) groups excluding carboxylic acids is 1. The van der Waals surface area contributed by atoms with Gasteiger partial charge in [-0.2, -0.15) is 0 Å². The number of nitrogens with one attached hydrogen (secondary N) is 1. The van der Waals surface area contributed by atoms with Gasteiger partial charge in [-0.1, -0.05) is 33.3 Å². The molecule has 1 aromatic heterocycles. The molecule has 3 N–H and O–H groups in total. The van der Waals surface area contributed by atoms with Crippen LogP contribution in [0.4, 0.5) is 0 Å². The summed E-state index contributed by atoms with van der Waals surface area (Å²) in [5, 5.41) is 10.5. The molecule has 2 aromatic rings. The van der Waals surface area contributed by atoms with E-state index in [1.807, 2.05) is 24.3 Å². The van der Waals surface area contributed by atoms with Crippen molar-refractivity contribution in [2.75, 3.05) is 0 Å². The smallest absolute Gasteiger partial charge is 0.242 e. The first-order valence-electron chi connectivity index (χ1n) is 5.77. The fraction of sp³-hybridized carbons (Fsp3) is 0.250. The van der Waals surface area contributed by atoms with Crippen LogP contribution < -0.4 is 11.1 Å². The predicted octanol–water partition coefficient (Wildman–Crippen LogP) is 0.816. The molecule has 0 radical (unpaired) electrons. The average molecular weight is 324 g/mol. The number of nitrogens with two attached hydrogens (primary N) is 1. The van der Waals surface area contributed by atoms with Gasteiger partial charge < -0.3 is 11.1 Å². The summed E-state index contributed by atoms with van der Waals surface area (Å²) < 4.78 is 2.46. The lowest BCUT2D eigenvalue weighted by Gasteiger charge is -2.05. The van der Waals surface area contributed by atoms with E-state index in [4.69, 9.17) is 5.73 Å². The zero-order valence-electron chi connectivity index (χ0n) is 10.2. The van der Waals surface area contributed by atoms with Gasteiger partial charge in [0.2, 0.25) is 5.91 Å². The van der Waals surface area contributed by atoms with Gasteiger partial charge in [0.1, 0.15) is 6.54 Å². The van der Waals surface area contributed by atoms with Crippen LogP contribution in [0.5, 0.6) is 0 Å². The first kappa shape index (κ1) is 13.7. The lowest BCUT2D eigenvalue weighted by molar-refractivity contribution is -0.122. The van der Waals surface area contributed by atoms with Crippen LogP contribution in [-0.4, -0.2) is 20.9 Å². The van der Waals surface area contributed by atoms with Crippen molar-refractivity contribution >= 4 is 21.8 Å². The summed E-state index contributed by atoms with van der Waals surface area (Å²) in [7, 11) is 0. The first-order chi connectivity index (χ1) is 9.17. The molecule has 0 aliphatic rings. The lowest BCUT2D eigenvalue weighted by Crippen LogP contribution is -2.27. The molecule has 0 saturated carbocycles. The Bertz CT molecular complexity index is 569. The minimum absolute atomic E-state index is 0.117. The second-order valence-electron chi connectivity index (χ2n) is 4.02. The number of hydrogen-bond donors (Lipinski definition) is 2. The van der Waals surface area contributed by atoms with Gasteiger partial charge in [0.15, 0.2) is 0 Å². The topological polar surface area (TPSA) is 85.8 Å². The Morgan fingerprint density at radius 2 is 2.32 bits per heavy atom. The van der Waals surface area contributed by atoms with E-state index in [2.05, 4.69) is 31.6 Å². The highest BCUT2D eigenvalue weighted by Crippen LogP contribution is 2.11. The van der Waals surface area contributed by atoms with E-state index >= 15 is 0 Å². The molecule has 6 nitrogen and oxygen atoms in total. The van der Waals surface area contributed by atoms with Gasteiger partial charge in [-0.3, -0.25) is 4.79 Å². The van der Waals surface area contributed by atoms with Crippen molar-refractivity contribution < 1.29 is 4.79 Å². The summed E-state index contributed by atoms with van der Waals surface area (Å²) in [5.41, 5.74) is 7.12.